The van der Waals surface area contributed by atoms with Gasteiger partial charge in [-0.1, -0.05) is 0 Å². The van der Waals surface area contributed by atoms with Gasteiger partial charge >= 0.3 is 0 Å². The lowest BCUT2D eigenvalue weighted by atomic mass is 9.99. The van der Waals surface area contributed by atoms with Crippen LogP contribution < -0.4 is 5.56 Å². The standard InChI is InChI=1S/C16H21N3O3/c20-14-8-12(17-15(18-14)10-3-4-10)16(21)19-6-1-2-13-11(9-19)5-7-22-13/h8,10-11,13H,1-7,9H2,(H,17,18,20)/t11-,13+/m1/s1. The van der Waals surface area contributed by atoms with Gasteiger partial charge in [-0.15, -0.1) is 0 Å². The van der Waals surface area contributed by atoms with Crippen LogP contribution in [0.25, 0.3) is 0 Å². The molecule has 2 atom stereocenters. The summed E-state index contributed by atoms with van der Waals surface area (Å²) in [5.74, 6) is 1.32. The highest BCUT2D eigenvalue weighted by atomic mass is 16.5. The van der Waals surface area contributed by atoms with Crippen molar-refractivity contribution < 1.29 is 9.53 Å². The van der Waals surface area contributed by atoms with Crippen LogP contribution in [0.5, 0.6) is 0 Å². The van der Waals surface area contributed by atoms with Crippen molar-refractivity contribution in [2.45, 2.75) is 44.1 Å². The zero-order valence-corrected chi connectivity index (χ0v) is 12.6. The molecule has 3 heterocycles. The summed E-state index contributed by atoms with van der Waals surface area (Å²) in [6, 6.07) is 1.34. The fourth-order valence-electron chi connectivity index (χ4n) is 3.56. The Hall–Kier alpha value is -1.69. The van der Waals surface area contributed by atoms with Gasteiger partial charge in [-0.25, -0.2) is 4.98 Å². The van der Waals surface area contributed by atoms with Gasteiger partial charge in [0.05, 0.1) is 6.10 Å². The molecule has 1 aliphatic carbocycles. The van der Waals surface area contributed by atoms with E-state index in [-0.39, 0.29) is 11.5 Å². The summed E-state index contributed by atoms with van der Waals surface area (Å²) in [5.41, 5.74) is 0.0696. The van der Waals surface area contributed by atoms with E-state index >= 15 is 0 Å². The van der Waals surface area contributed by atoms with Crippen molar-refractivity contribution in [3.05, 3.63) is 27.9 Å². The van der Waals surface area contributed by atoms with E-state index in [1.165, 1.54) is 6.07 Å². The number of carbonyl (C=O) groups excluding carboxylic acids is 1. The average molecular weight is 303 g/mol. The van der Waals surface area contributed by atoms with Crippen molar-refractivity contribution in [2.75, 3.05) is 19.7 Å². The Balaban J connectivity index is 1.56. The predicted molar refractivity (Wildman–Crippen MR) is 79.8 cm³/mol. The molecule has 2 aliphatic heterocycles. The molecule has 3 aliphatic rings. The van der Waals surface area contributed by atoms with Crippen molar-refractivity contribution in [2.24, 2.45) is 5.92 Å². The van der Waals surface area contributed by atoms with Gasteiger partial charge in [0, 0.05) is 37.6 Å². The molecule has 6 nitrogen and oxygen atoms in total. The van der Waals surface area contributed by atoms with Gasteiger partial charge in [-0.05, 0) is 32.1 Å². The number of aromatic amines is 1. The molecule has 2 saturated heterocycles. The molecule has 3 fully saturated rings. The number of nitrogens with one attached hydrogen (secondary N) is 1. The summed E-state index contributed by atoms with van der Waals surface area (Å²) < 4.78 is 5.74. The normalized spacial score (nSPS) is 28.3. The third-order valence-corrected chi connectivity index (χ3v) is 4.95. The maximum absolute atomic E-state index is 12.8. The quantitative estimate of drug-likeness (QED) is 0.893. The van der Waals surface area contributed by atoms with E-state index in [0.717, 1.165) is 51.8 Å². The molecule has 0 bridgehead atoms. The summed E-state index contributed by atoms with van der Waals surface area (Å²) in [4.78, 5) is 33.6. The Labute approximate surface area is 128 Å². The van der Waals surface area contributed by atoms with Crippen LogP contribution in [0.3, 0.4) is 0 Å². The summed E-state index contributed by atoms with van der Waals surface area (Å²) >= 11 is 0. The minimum absolute atomic E-state index is 0.111. The molecule has 1 N–H and O–H groups in total. The van der Waals surface area contributed by atoms with Crippen LogP contribution in [0.4, 0.5) is 0 Å². The van der Waals surface area contributed by atoms with Gasteiger partial charge < -0.3 is 14.6 Å². The molecule has 1 aromatic heterocycles. The molecule has 1 aromatic rings. The van der Waals surface area contributed by atoms with Crippen LogP contribution in [0.15, 0.2) is 10.9 Å². The van der Waals surface area contributed by atoms with E-state index in [2.05, 4.69) is 9.97 Å². The van der Waals surface area contributed by atoms with E-state index in [9.17, 15) is 9.59 Å². The molecule has 0 radical (unpaired) electrons. The van der Waals surface area contributed by atoms with Crippen molar-refractivity contribution in [1.82, 2.24) is 14.9 Å². The molecule has 6 heteroatoms. The first-order chi connectivity index (χ1) is 10.7. The van der Waals surface area contributed by atoms with Gasteiger partial charge in [0.1, 0.15) is 11.5 Å². The lowest BCUT2D eigenvalue weighted by Gasteiger charge is -2.23. The molecule has 0 aromatic carbocycles. The third-order valence-electron chi connectivity index (χ3n) is 4.95. The Kier molecular flexibility index (Phi) is 3.48. The fraction of sp³-hybridized carbons (Fsp3) is 0.688. The summed E-state index contributed by atoms with van der Waals surface area (Å²) in [5, 5.41) is 0. The molecule has 1 saturated carbocycles. The van der Waals surface area contributed by atoms with Crippen LogP contribution in [0.2, 0.25) is 0 Å². The minimum Gasteiger partial charge on any atom is -0.378 e. The van der Waals surface area contributed by atoms with Crippen LogP contribution in [-0.4, -0.2) is 46.6 Å². The van der Waals surface area contributed by atoms with Gasteiger partial charge in [0.2, 0.25) is 0 Å². The second kappa shape index (κ2) is 5.50. The molecule has 4 rings (SSSR count). The average Bonchev–Trinajstić information content (AvgIpc) is 3.30. The van der Waals surface area contributed by atoms with E-state index < -0.39 is 0 Å². The Morgan fingerprint density at radius 3 is 3.00 bits per heavy atom. The first-order valence-corrected chi connectivity index (χ1v) is 8.23. The van der Waals surface area contributed by atoms with E-state index in [1.54, 1.807) is 0 Å². The van der Waals surface area contributed by atoms with Crippen molar-refractivity contribution in [3.63, 3.8) is 0 Å². The number of hydrogen-bond acceptors (Lipinski definition) is 4. The number of hydrogen-bond donors (Lipinski definition) is 1. The number of aromatic nitrogens is 2. The number of rotatable bonds is 2. The number of fused-ring (bicyclic) bond motifs is 1. The van der Waals surface area contributed by atoms with E-state index in [4.69, 9.17) is 4.74 Å². The van der Waals surface area contributed by atoms with Crippen LogP contribution in [-0.2, 0) is 4.74 Å². The Morgan fingerprint density at radius 2 is 2.18 bits per heavy atom. The second-order valence-corrected chi connectivity index (χ2v) is 6.64. The van der Waals surface area contributed by atoms with E-state index in [1.807, 2.05) is 4.90 Å². The molecule has 118 valence electrons. The number of H-pyrrole nitrogens is 1. The summed E-state index contributed by atoms with van der Waals surface area (Å²) in [7, 11) is 0. The maximum Gasteiger partial charge on any atom is 0.272 e. The number of amides is 1. The zero-order chi connectivity index (χ0) is 15.1. The molecular formula is C16H21N3O3. The highest BCUT2D eigenvalue weighted by Gasteiger charge is 2.34. The maximum atomic E-state index is 12.8. The smallest absolute Gasteiger partial charge is 0.272 e. The lowest BCUT2D eigenvalue weighted by molar-refractivity contribution is 0.0698. The summed E-state index contributed by atoms with van der Waals surface area (Å²) in [6.07, 6.45) is 5.38. The monoisotopic (exact) mass is 303 g/mol. The molecule has 0 unspecified atom stereocenters. The van der Waals surface area contributed by atoms with Crippen LogP contribution in [0, 0.1) is 5.92 Å². The fourth-order valence-corrected chi connectivity index (χ4v) is 3.56. The number of nitrogens with zero attached hydrogens (tertiary/aromatic N) is 2. The first-order valence-electron chi connectivity index (χ1n) is 8.23. The largest absolute Gasteiger partial charge is 0.378 e. The van der Waals surface area contributed by atoms with Gasteiger partial charge in [-0.2, -0.15) is 0 Å². The molecule has 22 heavy (non-hydrogen) atoms. The van der Waals surface area contributed by atoms with Crippen molar-refractivity contribution in [3.8, 4) is 0 Å². The zero-order valence-electron chi connectivity index (χ0n) is 12.6. The summed E-state index contributed by atoms with van der Waals surface area (Å²) in [6.45, 7) is 2.24. The third kappa shape index (κ3) is 2.67. The van der Waals surface area contributed by atoms with Crippen LogP contribution >= 0.6 is 0 Å². The van der Waals surface area contributed by atoms with Crippen LogP contribution in [0.1, 0.15) is 54.3 Å². The first kappa shape index (κ1) is 13.9. The highest BCUT2D eigenvalue weighted by Crippen LogP contribution is 2.37. The molecule has 0 spiro atoms. The van der Waals surface area contributed by atoms with E-state index in [0.29, 0.717) is 29.5 Å². The molecule has 1 amide bonds. The number of carbonyl (C=O) groups is 1. The Morgan fingerprint density at radius 1 is 1.32 bits per heavy atom. The Bertz CT molecular complexity index is 638. The van der Waals surface area contributed by atoms with Gasteiger partial charge in [0.25, 0.3) is 11.5 Å². The van der Waals surface area contributed by atoms with Crippen molar-refractivity contribution >= 4 is 5.91 Å². The predicted octanol–water partition coefficient (Wildman–Crippen LogP) is 1.29. The molecular weight excluding hydrogens is 282 g/mol. The number of likely N-dealkylation sites (tertiary alicyclic amines) is 1. The lowest BCUT2D eigenvalue weighted by Crippen LogP contribution is -2.36. The van der Waals surface area contributed by atoms with Gasteiger partial charge in [0.15, 0.2) is 0 Å². The number of ether oxygens (including phenoxy) is 1. The second-order valence-electron chi connectivity index (χ2n) is 6.64. The SMILES string of the molecule is O=C(c1cc(=O)[nH]c(C2CC2)n1)N1CCC[C@@H]2OCC[C@@H]2C1. The van der Waals surface area contributed by atoms with Crippen molar-refractivity contribution in [1.29, 1.82) is 0 Å². The highest BCUT2D eigenvalue weighted by molar-refractivity contribution is 5.92. The minimum atomic E-state index is -0.225. The topological polar surface area (TPSA) is 75.3 Å². The van der Waals surface area contributed by atoms with Gasteiger partial charge in [-0.3, -0.25) is 9.59 Å².